The maximum absolute atomic E-state index is 12.0. The van der Waals surface area contributed by atoms with Gasteiger partial charge in [-0.05, 0) is 35.9 Å². The van der Waals surface area contributed by atoms with Crippen LogP contribution in [0.3, 0.4) is 0 Å². The molecular formula is C19H15BrN2O2S. The van der Waals surface area contributed by atoms with Gasteiger partial charge in [-0.2, -0.15) is 0 Å². The summed E-state index contributed by atoms with van der Waals surface area (Å²) in [6.45, 7) is 0. The largest absolute Gasteiger partial charge is 0.497 e. The van der Waals surface area contributed by atoms with Gasteiger partial charge >= 0.3 is 0 Å². The predicted octanol–water partition coefficient (Wildman–Crippen LogP) is 5.23. The van der Waals surface area contributed by atoms with Gasteiger partial charge in [0.2, 0.25) is 5.91 Å². The number of carbonyl (C=O) groups excluding carboxylic acids is 1. The first-order chi connectivity index (χ1) is 12.1. The Bertz CT molecular complexity index is 904. The molecule has 3 aromatic rings. The van der Waals surface area contributed by atoms with Gasteiger partial charge in [-0.3, -0.25) is 10.1 Å². The number of thiazole rings is 1. The lowest BCUT2D eigenvalue weighted by molar-refractivity contribution is -0.111. The van der Waals surface area contributed by atoms with Crippen LogP contribution >= 0.6 is 27.3 Å². The Kier molecular flexibility index (Phi) is 5.63. The molecule has 0 aliphatic heterocycles. The Morgan fingerprint density at radius 3 is 2.76 bits per heavy atom. The van der Waals surface area contributed by atoms with Crippen LogP contribution in [0, 0.1) is 0 Å². The fourth-order valence-electron chi connectivity index (χ4n) is 2.15. The Hall–Kier alpha value is -2.44. The van der Waals surface area contributed by atoms with Crippen LogP contribution < -0.4 is 10.1 Å². The van der Waals surface area contributed by atoms with Crippen LogP contribution in [0.2, 0.25) is 0 Å². The van der Waals surface area contributed by atoms with E-state index >= 15 is 0 Å². The summed E-state index contributed by atoms with van der Waals surface area (Å²) in [5.74, 6) is 0.565. The minimum Gasteiger partial charge on any atom is -0.497 e. The summed E-state index contributed by atoms with van der Waals surface area (Å²) in [5, 5.41) is 5.27. The van der Waals surface area contributed by atoms with Gasteiger partial charge < -0.3 is 4.74 Å². The zero-order valence-corrected chi connectivity index (χ0v) is 15.8. The van der Waals surface area contributed by atoms with Crippen LogP contribution in [-0.2, 0) is 4.79 Å². The first kappa shape index (κ1) is 17.4. The molecule has 4 nitrogen and oxygen atoms in total. The summed E-state index contributed by atoms with van der Waals surface area (Å²) in [6, 6.07) is 15.4. The van der Waals surface area contributed by atoms with Gasteiger partial charge in [0.1, 0.15) is 5.75 Å². The van der Waals surface area contributed by atoms with Crippen molar-refractivity contribution >= 4 is 44.4 Å². The number of nitrogens with zero attached hydrogens (tertiary/aromatic N) is 1. The van der Waals surface area contributed by atoms with E-state index in [1.54, 1.807) is 13.2 Å². The van der Waals surface area contributed by atoms with E-state index in [0.29, 0.717) is 5.13 Å². The number of halogens is 1. The summed E-state index contributed by atoms with van der Waals surface area (Å²) in [7, 11) is 1.62. The Labute approximate surface area is 158 Å². The number of rotatable bonds is 5. The maximum Gasteiger partial charge on any atom is 0.250 e. The first-order valence-corrected chi connectivity index (χ1v) is 9.16. The zero-order chi connectivity index (χ0) is 17.6. The molecule has 6 heteroatoms. The number of aromatic nitrogens is 1. The van der Waals surface area contributed by atoms with Crippen LogP contribution in [0.25, 0.3) is 17.3 Å². The van der Waals surface area contributed by atoms with E-state index in [1.807, 2.05) is 53.9 Å². The molecule has 3 rings (SSSR count). The second-order valence-electron chi connectivity index (χ2n) is 5.14. The van der Waals surface area contributed by atoms with E-state index in [4.69, 9.17) is 4.74 Å². The van der Waals surface area contributed by atoms with E-state index < -0.39 is 0 Å². The lowest BCUT2D eigenvalue weighted by Gasteiger charge is -1.99. The van der Waals surface area contributed by atoms with E-state index in [1.165, 1.54) is 17.4 Å². The van der Waals surface area contributed by atoms with E-state index in [2.05, 4.69) is 26.2 Å². The molecule has 0 unspecified atom stereocenters. The van der Waals surface area contributed by atoms with Gasteiger partial charge in [-0.1, -0.05) is 40.2 Å². The van der Waals surface area contributed by atoms with Crippen LogP contribution in [0.5, 0.6) is 5.75 Å². The minimum atomic E-state index is -0.217. The Morgan fingerprint density at radius 1 is 1.24 bits per heavy atom. The van der Waals surface area contributed by atoms with Crippen LogP contribution in [0.1, 0.15) is 5.56 Å². The Balaban J connectivity index is 1.64. The molecular weight excluding hydrogens is 400 g/mol. The molecule has 1 N–H and O–H groups in total. The molecule has 0 saturated carbocycles. The van der Waals surface area contributed by atoms with Crippen molar-refractivity contribution in [1.29, 1.82) is 0 Å². The molecule has 1 amide bonds. The Morgan fingerprint density at radius 2 is 2.04 bits per heavy atom. The molecule has 25 heavy (non-hydrogen) atoms. The highest BCUT2D eigenvalue weighted by Crippen LogP contribution is 2.26. The highest BCUT2D eigenvalue weighted by Gasteiger charge is 2.06. The van der Waals surface area contributed by atoms with Crippen molar-refractivity contribution in [3.8, 4) is 17.0 Å². The minimum absolute atomic E-state index is 0.217. The van der Waals surface area contributed by atoms with Crippen LogP contribution in [-0.4, -0.2) is 18.0 Å². The first-order valence-electron chi connectivity index (χ1n) is 7.48. The highest BCUT2D eigenvalue weighted by atomic mass is 79.9. The molecule has 0 aliphatic rings. The van der Waals surface area contributed by atoms with Gasteiger partial charge in [0, 0.05) is 21.5 Å². The number of hydrogen-bond acceptors (Lipinski definition) is 4. The summed E-state index contributed by atoms with van der Waals surface area (Å²) < 4.78 is 6.10. The number of benzene rings is 2. The topological polar surface area (TPSA) is 51.2 Å². The van der Waals surface area contributed by atoms with Crippen molar-refractivity contribution < 1.29 is 9.53 Å². The number of carbonyl (C=O) groups is 1. The van der Waals surface area contributed by atoms with Gasteiger partial charge in [-0.15, -0.1) is 11.3 Å². The molecule has 1 aromatic heterocycles. The molecule has 1 heterocycles. The second kappa shape index (κ2) is 8.09. The maximum atomic E-state index is 12.0. The van der Waals surface area contributed by atoms with Crippen LogP contribution in [0.4, 0.5) is 5.13 Å². The predicted molar refractivity (Wildman–Crippen MR) is 106 cm³/mol. The monoisotopic (exact) mass is 414 g/mol. The zero-order valence-electron chi connectivity index (χ0n) is 13.4. The third-order valence-electron chi connectivity index (χ3n) is 3.40. The standard InChI is InChI=1S/C19H15BrN2O2S/c1-24-16-8-5-13(6-9-16)7-10-18(23)22-19-21-17(12-25-19)14-3-2-4-15(20)11-14/h2-12H,1H3,(H,21,22,23). The summed E-state index contributed by atoms with van der Waals surface area (Å²) in [6.07, 6.45) is 3.24. The van der Waals surface area contributed by atoms with Gasteiger partial charge in [0.05, 0.1) is 12.8 Å². The van der Waals surface area contributed by atoms with E-state index in [-0.39, 0.29) is 5.91 Å². The molecule has 0 radical (unpaired) electrons. The second-order valence-corrected chi connectivity index (χ2v) is 6.92. The third kappa shape index (κ3) is 4.78. The van der Waals surface area contributed by atoms with Crippen molar-refractivity contribution in [3.05, 3.63) is 70.0 Å². The summed E-state index contributed by atoms with van der Waals surface area (Å²) >= 11 is 4.84. The third-order valence-corrected chi connectivity index (χ3v) is 4.65. The van der Waals surface area contributed by atoms with Gasteiger partial charge in [-0.25, -0.2) is 4.98 Å². The lowest BCUT2D eigenvalue weighted by Crippen LogP contribution is -2.07. The van der Waals surface area contributed by atoms with Crippen molar-refractivity contribution in [2.45, 2.75) is 0 Å². The number of amides is 1. The normalized spacial score (nSPS) is 10.8. The van der Waals surface area contributed by atoms with Crippen molar-refractivity contribution in [1.82, 2.24) is 4.98 Å². The summed E-state index contributed by atoms with van der Waals surface area (Å²) in [5.41, 5.74) is 2.76. The highest BCUT2D eigenvalue weighted by molar-refractivity contribution is 9.10. The molecule has 126 valence electrons. The molecule has 0 bridgehead atoms. The molecule has 0 saturated heterocycles. The molecule has 2 aromatic carbocycles. The van der Waals surface area contributed by atoms with E-state index in [0.717, 1.165) is 27.0 Å². The SMILES string of the molecule is COc1ccc(C=CC(=O)Nc2nc(-c3cccc(Br)c3)cs2)cc1. The van der Waals surface area contributed by atoms with Gasteiger partial charge in [0.25, 0.3) is 0 Å². The molecule has 0 fully saturated rings. The summed E-state index contributed by atoms with van der Waals surface area (Å²) in [4.78, 5) is 16.5. The lowest BCUT2D eigenvalue weighted by atomic mass is 10.2. The average molecular weight is 415 g/mol. The van der Waals surface area contributed by atoms with E-state index in [9.17, 15) is 4.79 Å². The van der Waals surface area contributed by atoms with Gasteiger partial charge in [0.15, 0.2) is 5.13 Å². The fourth-order valence-corrected chi connectivity index (χ4v) is 3.27. The number of hydrogen-bond donors (Lipinski definition) is 1. The number of anilines is 1. The number of ether oxygens (including phenoxy) is 1. The van der Waals surface area contributed by atoms with Crippen molar-refractivity contribution in [3.63, 3.8) is 0 Å². The molecule has 0 aliphatic carbocycles. The van der Waals surface area contributed by atoms with Crippen LogP contribution in [0.15, 0.2) is 64.5 Å². The number of methoxy groups -OCH3 is 1. The average Bonchev–Trinajstić information content (AvgIpc) is 3.09. The molecule has 0 atom stereocenters. The number of nitrogens with one attached hydrogen (secondary N) is 1. The fraction of sp³-hybridized carbons (Fsp3) is 0.0526. The van der Waals surface area contributed by atoms with Crippen molar-refractivity contribution in [2.24, 2.45) is 0 Å². The smallest absolute Gasteiger partial charge is 0.250 e. The molecule has 0 spiro atoms. The van der Waals surface area contributed by atoms with Crippen molar-refractivity contribution in [2.75, 3.05) is 12.4 Å². The quantitative estimate of drug-likeness (QED) is 0.581.